The van der Waals surface area contributed by atoms with Gasteiger partial charge in [-0.15, -0.1) is 0 Å². The van der Waals surface area contributed by atoms with E-state index in [1.807, 2.05) is 0 Å². The van der Waals surface area contributed by atoms with Gasteiger partial charge in [0.15, 0.2) is 0 Å². The third kappa shape index (κ3) is 16.2. The van der Waals surface area contributed by atoms with Crippen LogP contribution in [0.1, 0.15) is 104 Å². The quantitative estimate of drug-likeness (QED) is 0.272. The molecule has 0 rings (SSSR count). The highest BCUT2D eigenvalue weighted by Gasteiger charge is 2.01. The van der Waals surface area contributed by atoms with Crippen molar-refractivity contribution >= 4 is 0 Å². The molecule has 0 atom stereocenters. The van der Waals surface area contributed by atoms with E-state index in [4.69, 9.17) is 0 Å². The van der Waals surface area contributed by atoms with Crippen molar-refractivity contribution in [3.63, 3.8) is 0 Å². The van der Waals surface area contributed by atoms with Crippen molar-refractivity contribution in [2.24, 2.45) is 0 Å². The van der Waals surface area contributed by atoms with Crippen LogP contribution in [0.2, 0.25) is 0 Å². The first-order chi connectivity index (χ1) is 10.3. The summed E-state index contributed by atoms with van der Waals surface area (Å²) >= 11 is 0. The Balaban J connectivity index is 3.28. The summed E-state index contributed by atoms with van der Waals surface area (Å²) in [6.45, 7) is 12.2. The second-order valence-corrected chi connectivity index (χ2v) is 6.58. The van der Waals surface area contributed by atoms with Crippen molar-refractivity contribution in [1.29, 1.82) is 0 Å². The Bertz CT molecular complexity index is 179. The van der Waals surface area contributed by atoms with Crippen LogP contribution < -0.4 is 0 Å². The molecule has 0 aromatic rings. The van der Waals surface area contributed by atoms with Crippen molar-refractivity contribution < 1.29 is 0 Å². The highest BCUT2D eigenvalue weighted by Crippen LogP contribution is 2.10. The molecule has 0 fully saturated rings. The van der Waals surface area contributed by atoms with E-state index in [-0.39, 0.29) is 0 Å². The monoisotopic (exact) mass is 296 g/mol. The first-order valence-electron chi connectivity index (χ1n) is 9.86. The lowest BCUT2D eigenvalue weighted by Crippen LogP contribution is -2.25. The van der Waals surface area contributed by atoms with Gasteiger partial charge in [0.05, 0.1) is 0 Å². The van der Waals surface area contributed by atoms with Crippen LogP contribution in [0.15, 0.2) is 0 Å². The molecule has 0 heterocycles. The third-order valence-corrected chi connectivity index (χ3v) is 4.47. The number of hydrogen-bond donors (Lipinski definition) is 0. The second-order valence-electron chi connectivity index (χ2n) is 6.58. The summed E-state index contributed by atoms with van der Waals surface area (Å²) in [5.74, 6) is 0. The van der Waals surface area contributed by atoms with E-state index < -0.39 is 0 Å². The second kappa shape index (κ2) is 18.0. The molecule has 21 heavy (non-hydrogen) atoms. The Morgan fingerprint density at radius 1 is 0.524 bits per heavy atom. The molecule has 0 saturated heterocycles. The molecule has 0 saturated carbocycles. The van der Waals surface area contributed by atoms with Crippen LogP contribution in [-0.4, -0.2) is 24.5 Å². The summed E-state index contributed by atoms with van der Waals surface area (Å²) in [4.78, 5) is 2.55. The van der Waals surface area contributed by atoms with Crippen LogP contribution in [0.25, 0.3) is 0 Å². The fraction of sp³-hybridized carbons (Fsp3) is 0.950. The zero-order valence-corrected chi connectivity index (χ0v) is 15.2. The van der Waals surface area contributed by atoms with Gasteiger partial charge in [-0.2, -0.15) is 0 Å². The van der Waals surface area contributed by atoms with Gasteiger partial charge in [-0.05, 0) is 39.4 Å². The lowest BCUT2D eigenvalue weighted by molar-refractivity contribution is 0.285. The van der Waals surface area contributed by atoms with Crippen molar-refractivity contribution in [2.75, 3.05) is 19.6 Å². The van der Waals surface area contributed by atoms with Gasteiger partial charge in [0.2, 0.25) is 0 Å². The minimum atomic E-state index is 0.992. The predicted octanol–water partition coefficient (Wildman–Crippen LogP) is 6.62. The highest BCUT2D eigenvalue weighted by molar-refractivity contribution is 4.60. The smallest absolute Gasteiger partial charge is 0.00183 e. The van der Waals surface area contributed by atoms with Gasteiger partial charge in [0.25, 0.3) is 0 Å². The van der Waals surface area contributed by atoms with Crippen LogP contribution >= 0.6 is 0 Å². The van der Waals surface area contributed by atoms with Crippen LogP contribution in [0, 0.1) is 6.92 Å². The van der Waals surface area contributed by atoms with Gasteiger partial charge in [0, 0.05) is 0 Å². The molecule has 1 nitrogen and oxygen atoms in total. The molecule has 0 aliphatic carbocycles. The standard InChI is InChI=1S/C20H42N/c1-4-7-9-11-13-14-16-18-20-21(6-3)19-17-15-12-10-8-5-2/h3-20H2,1-2H3. The van der Waals surface area contributed by atoms with E-state index in [2.05, 4.69) is 25.7 Å². The maximum atomic E-state index is 4.09. The molecule has 1 heteroatoms. The molecular weight excluding hydrogens is 254 g/mol. The summed E-state index contributed by atoms with van der Waals surface area (Å²) in [6.07, 6.45) is 19.8. The Morgan fingerprint density at radius 2 is 0.857 bits per heavy atom. The molecule has 0 spiro atoms. The SMILES string of the molecule is [CH2]CN(CCCCCCCC)CCCCCCCCCC. The lowest BCUT2D eigenvalue weighted by Gasteiger charge is -2.20. The van der Waals surface area contributed by atoms with Crippen molar-refractivity contribution in [3.8, 4) is 0 Å². The molecule has 0 aliphatic rings. The van der Waals surface area contributed by atoms with Crippen LogP contribution in [0.5, 0.6) is 0 Å². The third-order valence-electron chi connectivity index (χ3n) is 4.47. The molecule has 0 bridgehead atoms. The first-order valence-corrected chi connectivity index (χ1v) is 9.86. The topological polar surface area (TPSA) is 3.24 Å². The largest absolute Gasteiger partial charge is 0.303 e. The van der Waals surface area contributed by atoms with Gasteiger partial charge in [-0.25, -0.2) is 0 Å². The number of unbranched alkanes of at least 4 members (excludes halogenated alkanes) is 12. The highest BCUT2D eigenvalue weighted by atomic mass is 15.1. The minimum Gasteiger partial charge on any atom is -0.303 e. The first kappa shape index (κ1) is 21.0. The summed E-state index contributed by atoms with van der Waals surface area (Å²) in [6, 6.07) is 0. The maximum Gasteiger partial charge on any atom is -0.00183 e. The zero-order chi connectivity index (χ0) is 15.6. The van der Waals surface area contributed by atoms with Crippen LogP contribution in [0.3, 0.4) is 0 Å². The van der Waals surface area contributed by atoms with E-state index >= 15 is 0 Å². The fourth-order valence-electron chi connectivity index (χ4n) is 2.92. The van der Waals surface area contributed by atoms with Gasteiger partial charge >= 0.3 is 0 Å². The molecule has 0 N–H and O–H groups in total. The summed E-state index contributed by atoms with van der Waals surface area (Å²) in [5.41, 5.74) is 0. The van der Waals surface area contributed by atoms with Crippen LogP contribution in [0.4, 0.5) is 0 Å². The van der Waals surface area contributed by atoms with Gasteiger partial charge in [-0.1, -0.05) is 90.9 Å². The average Bonchev–Trinajstić information content (AvgIpc) is 2.51. The van der Waals surface area contributed by atoms with E-state index in [1.54, 1.807) is 0 Å². The summed E-state index contributed by atoms with van der Waals surface area (Å²) in [5, 5.41) is 0. The number of rotatable bonds is 17. The molecule has 0 aromatic carbocycles. The number of nitrogens with zero attached hydrogens (tertiary/aromatic N) is 1. The van der Waals surface area contributed by atoms with Crippen LogP contribution in [-0.2, 0) is 0 Å². The molecule has 1 radical (unpaired) electrons. The lowest BCUT2D eigenvalue weighted by atomic mass is 10.1. The van der Waals surface area contributed by atoms with Crippen molar-refractivity contribution in [1.82, 2.24) is 4.90 Å². The molecule has 0 amide bonds. The molecule has 0 unspecified atom stereocenters. The predicted molar refractivity (Wildman–Crippen MR) is 97.8 cm³/mol. The van der Waals surface area contributed by atoms with Crippen molar-refractivity contribution in [2.45, 2.75) is 104 Å². The Morgan fingerprint density at radius 3 is 1.19 bits per heavy atom. The summed E-state index contributed by atoms with van der Waals surface area (Å²) < 4.78 is 0. The normalized spacial score (nSPS) is 11.4. The number of hydrogen-bond acceptors (Lipinski definition) is 1. The van der Waals surface area contributed by atoms with E-state index in [0.29, 0.717) is 0 Å². The van der Waals surface area contributed by atoms with E-state index in [0.717, 1.165) is 6.54 Å². The molecule has 127 valence electrons. The summed E-state index contributed by atoms with van der Waals surface area (Å²) in [7, 11) is 0. The molecule has 0 aliphatic heterocycles. The fourth-order valence-corrected chi connectivity index (χ4v) is 2.92. The maximum absolute atomic E-state index is 4.09. The Labute approximate surface area is 135 Å². The van der Waals surface area contributed by atoms with E-state index in [1.165, 1.54) is 103 Å². The average molecular weight is 297 g/mol. The van der Waals surface area contributed by atoms with Crippen molar-refractivity contribution in [3.05, 3.63) is 6.92 Å². The van der Waals surface area contributed by atoms with Gasteiger partial charge in [-0.3, -0.25) is 0 Å². The molecule has 0 aromatic heterocycles. The van der Waals surface area contributed by atoms with E-state index in [9.17, 15) is 0 Å². The zero-order valence-electron chi connectivity index (χ0n) is 15.2. The Hall–Kier alpha value is -0.0400. The minimum absolute atomic E-state index is 0.992. The van der Waals surface area contributed by atoms with Gasteiger partial charge in [0.1, 0.15) is 0 Å². The van der Waals surface area contributed by atoms with Gasteiger partial charge < -0.3 is 4.90 Å². The molecular formula is C20H42N. The Kier molecular flexibility index (Phi) is 18.0.